The SMILES string of the molecule is Cc1ncccc1OCc1csc(CNC2CC2)n1. The van der Waals surface area contributed by atoms with Gasteiger partial charge in [0.2, 0.25) is 0 Å². The monoisotopic (exact) mass is 275 g/mol. The maximum absolute atomic E-state index is 5.74. The van der Waals surface area contributed by atoms with Crippen LogP contribution in [0.25, 0.3) is 0 Å². The number of pyridine rings is 1. The summed E-state index contributed by atoms with van der Waals surface area (Å²) < 4.78 is 5.74. The predicted octanol–water partition coefficient (Wildman–Crippen LogP) is 2.68. The second kappa shape index (κ2) is 5.67. The van der Waals surface area contributed by atoms with Crippen LogP contribution in [0, 0.1) is 6.92 Å². The van der Waals surface area contributed by atoms with Gasteiger partial charge in [0.15, 0.2) is 0 Å². The Labute approximate surface area is 116 Å². The van der Waals surface area contributed by atoms with Crippen LogP contribution in [0.3, 0.4) is 0 Å². The van der Waals surface area contributed by atoms with Crippen molar-refractivity contribution >= 4 is 11.3 Å². The lowest BCUT2D eigenvalue weighted by atomic mass is 10.3. The first kappa shape index (κ1) is 12.6. The molecule has 0 unspecified atom stereocenters. The molecule has 1 aliphatic rings. The Hall–Kier alpha value is -1.46. The second-order valence-electron chi connectivity index (χ2n) is 4.76. The molecule has 1 N–H and O–H groups in total. The molecule has 3 rings (SSSR count). The summed E-state index contributed by atoms with van der Waals surface area (Å²) in [6.07, 6.45) is 4.38. The van der Waals surface area contributed by atoms with Gasteiger partial charge in [-0.2, -0.15) is 0 Å². The third-order valence-corrected chi connectivity index (χ3v) is 3.95. The molecule has 5 heteroatoms. The number of thiazole rings is 1. The molecular formula is C14H17N3OS. The standard InChI is InChI=1S/C14H17N3OS/c1-10-13(3-2-6-15-10)18-8-12-9-19-14(17-12)7-16-11-4-5-11/h2-3,6,9,11,16H,4-5,7-8H2,1H3. The third kappa shape index (κ3) is 3.52. The average molecular weight is 275 g/mol. The van der Waals surface area contributed by atoms with Crippen molar-refractivity contribution in [3.8, 4) is 5.75 Å². The summed E-state index contributed by atoms with van der Waals surface area (Å²) in [4.78, 5) is 8.76. The lowest BCUT2D eigenvalue weighted by Gasteiger charge is -2.05. The Morgan fingerprint density at radius 2 is 2.37 bits per heavy atom. The minimum absolute atomic E-state index is 0.506. The molecule has 19 heavy (non-hydrogen) atoms. The van der Waals surface area contributed by atoms with Crippen LogP contribution in [0.5, 0.6) is 5.75 Å². The molecule has 0 atom stereocenters. The Morgan fingerprint density at radius 3 is 3.16 bits per heavy atom. The molecule has 0 aliphatic heterocycles. The van der Waals surface area contributed by atoms with Gasteiger partial charge in [0.25, 0.3) is 0 Å². The van der Waals surface area contributed by atoms with Gasteiger partial charge in [0.1, 0.15) is 17.4 Å². The summed E-state index contributed by atoms with van der Waals surface area (Å²) in [6, 6.07) is 4.54. The van der Waals surface area contributed by atoms with Crippen molar-refractivity contribution in [1.82, 2.24) is 15.3 Å². The molecule has 2 aromatic rings. The number of aromatic nitrogens is 2. The topological polar surface area (TPSA) is 47.0 Å². The van der Waals surface area contributed by atoms with Gasteiger partial charge in [-0.1, -0.05) is 0 Å². The van der Waals surface area contributed by atoms with Gasteiger partial charge in [-0.25, -0.2) is 4.98 Å². The molecule has 0 spiro atoms. The van der Waals surface area contributed by atoms with Crippen LogP contribution in [-0.4, -0.2) is 16.0 Å². The Balaban J connectivity index is 1.53. The molecule has 4 nitrogen and oxygen atoms in total. The molecule has 0 bridgehead atoms. The fourth-order valence-electron chi connectivity index (χ4n) is 1.79. The van der Waals surface area contributed by atoms with Crippen LogP contribution in [0.15, 0.2) is 23.7 Å². The zero-order chi connectivity index (χ0) is 13.1. The first-order valence-electron chi connectivity index (χ1n) is 6.52. The van der Waals surface area contributed by atoms with Gasteiger partial charge >= 0.3 is 0 Å². The second-order valence-corrected chi connectivity index (χ2v) is 5.71. The number of hydrogen-bond acceptors (Lipinski definition) is 5. The van der Waals surface area contributed by atoms with E-state index in [9.17, 15) is 0 Å². The van der Waals surface area contributed by atoms with E-state index in [4.69, 9.17) is 4.74 Å². The third-order valence-electron chi connectivity index (χ3n) is 3.05. The van der Waals surface area contributed by atoms with Crippen LogP contribution in [-0.2, 0) is 13.2 Å². The van der Waals surface area contributed by atoms with Crippen LogP contribution >= 0.6 is 11.3 Å². The maximum Gasteiger partial charge on any atom is 0.141 e. The first-order chi connectivity index (χ1) is 9.31. The molecule has 0 saturated heterocycles. The summed E-state index contributed by atoms with van der Waals surface area (Å²) in [7, 11) is 0. The minimum atomic E-state index is 0.506. The quantitative estimate of drug-likeness (QED) is 0.880. The van der Waals surface area contributed by atoms with E-state index in [2.05, 4.69) is 20.7 Å². The van der Waals surface area contributed by atoms with Gasteiger partial charge in [-0.3, -0.25) is 4.98 Å². The van der Waals surface area contributed by atoms with Gasteiger partial charge in [-0.15, -0.1) is 11.3 Å². The van der Waals surface area contributed by atoms with Crippen LogP contribution < -0.4 is 10.1 Å². The highest BCUT2D eigenvalue weighted by Crippen LogP contribution is 2.20. The van der Waals surface area contributed by atoms with E-state index < -0.39 is 0 Å². The van der Waals surface area contributed by atoms with Gasteiger partial charge in [0, 0.05) is 24.2 Å². The lowest BCUT2D eigenvalue weighted by Crippen LogP contribution is -2.15. The van der Waals surface area contributed by atoms with Crippen LogP contribution in [0.1, 0.15) is 29.2 Å². The Bertz CT molecular complexity index is 551. The zero-order valence-corrected chi connectivity index (χ0v) is 11.7. The fraction of sp³-hybridized carbons (Fsp3) is 0.429. The van der Waals surface area contributed by atoms with Crippen LogP contribution in [0.4, 0.5) is 0 Å². The summed E-state index contributed by atoms with van der Waals surface area (Å²) >= 11 is 1.69. The molecule has 2 aromatic heterocycles. The zero-order valence-electron chi connectivity index (χ0n) is 10.9. The van der Waals surface area contributed by atoms with E-state index in [1.807, 2.05) is 19.1 Å². The van der Waals surface area contributed by atoms with Crippen molar-refractivity contribution in [2.75, 3.05) is 0 Å². The maximum atomic E-state index is 5.74. The molecule has 1 aliphatic carbocycles. The Morgan fingerprint density at radius 1 is 1.47 bits per heavy atom. The molecule has 100 valence electrons. The lowest BCUT2D eigenvalue weighted by molar-refractivity contribution is 0.298. The number of aryl methyl sites for hydroxylation is 1. The molecule has 2 heterocycles. The number of nitrogens with zero attached hydrogens (tertiary/aromatic N) is 2. The first-order valence-corrected chi connectivity index (χ1v) is 7.40. The molecule has 1 saturated carbocycles. The van der Waals surface area contributed by atoms with E-state index in [0.29, 0.717) is 6.61 Å². The molecule has 0 aromatic carbocycles. The summed E-state index contributed by atoms with van der Waals surface area (Å²) in [5, 5.41) is 6.66. The van der Waals surface area contributed by atoms with Crippen molar-refractivity contribution in [2.45, 2.75) is 39.0 Å². The molecule has 0 amide bonds. The van der Waals surface area contributed by atoms with Crippen molar-refractivity contribution in [1.29, 1.82) is 0 Å². The highest BCUT2D eigenvalue weighted by Gasteiger charge is 2.20. The number of nitrogens with one attached hydrogen (secondary N) is 1. The Kier molecular flexibility index (Phi) is 3.75. The molecule has 0 radical (unpaired) electrons. The molecule has 1 fully saturated rings. The highest BCUT2D eigenvalue weighted by atomic mass is 32.1. The predicted molar refractivity (Wildman–Crippen MR) is 75.3 cm³/mol. The number of ether oxygens (including phenoxy) is 1. The summed E-state index contributed by atoms with van der Waals surface area (Å²) in [5.41, 5.74) is 1.90. The average Bonchev–Trinajstić information content (AvgIpc) is 3.14. The van der Waals surface area contributed by atoms with E-state index in [1.54, 1.807) is 17.5 Å². The minimum Gasteiger partial charge on any atom is -0.485 e. The smallest absolute Gasteiger partial charge is 0.141 e. The van der Waals surface area contributed by atoms with Crippen molar-refractivity contribution in [3.05, 3.63) is 40.1 Å². The summed E-state index contributed by atoms with van der Waals surface area (Å²) in [5.74, 6) is 0.827. The van der Waals surface area contributed by atoms with Gasteiger partial charge in [-0.05, 0) is 31.9 Å². The van der Waals surface area contributed by atoms with Gasteiger partial charge < -0.3 is 10.1 Å². The highest BCUT2D eigenvalue weighted by molar-refractivity contribution is 7.09. The van der Waals surface area contributed by atoms with Crippen LogP contribution in [0.2, 0.25) is 0 Å². The number of rotatable bonds is 6. The van der Waals surface area contributed by atoms with E-state index in [1.165, 1.54) is 12.8 Å². The van der Waals surface area contributed by atoms with Gasteiger partial charge in [0.05, 0.1) is 11.4 Å². The van der Waals surface area contributed by atoms with Crippen molar-refractivity contribution in [3.63, 3.8) is 0 Å². The normalized spacial score (nSPS) is 14.6. The largest absolute Gasteiger partial charge is 0.485 e. The molecular weight excluding hydrogens is 258 g/mol. The van der Waals surface area contributed by atoms with E-state index in [-0.39, 0.29) is 0 Å². The van der Waals surface area contributed by atoms with E-state index >= 15 is 0 Å². The number of hydrogen-bond donors (Lipinski definition) is 1. The fourth-order valence-corrected chi connectivity index (χ4v) is 2.52. The van der Waals surface area contributed by atoms with Crippen molar-refractivity contribution in [2.24, 2.45) is 0 Å². The summed E-state index contributed by atoms with van der Waals surface area (Å²) in [6.45, 7) is 3.33. The van der Waals surface area contributed by atoms with E-state index in [0.717, 1.165) is 34.7 Å². The van der Waals surface area contributed by atoms with Crippen molar-refractivity contribution < 1.29 is 4.74 Å².